The van der Waals surface area contributed by atoms with E-state index in [9.17, 15) is 4.79 Å². The number of carbonyl (C=O) groups excluding carboxylic acids is 1. The van der Waals surface area contributed by atoms with Crippen molar-refractivity contribution >= 4 is 5.91 Å². The molecule has 1 N–H and O–H groups in total. The predicted molar refractivity (Wildman–Crippen MR) is 124 cm³/mol. The van der Waals surface area contributed by atoms with Gasteiger partial charge in [0.15, 0.2) is 0 Å². The topological polar surface area (TPSA) is 29.1 Å². The Labute approximate surface area is 178 Å². The smallest absolute Gasteiger partial charge is 0.219 e. The standard InChI is InChI=1S/C27H39NO/c1-2-3-4-5-6-7-8-9-16-21-27(29)28-23-22-26(24-17-12-10-13-18-24)25-19-14-11-15-20-25/h10-15,17-20,26H,2-9,16,21-23H2,1H3,(H,28,29). The normalized spacial score (nSPS) is 11.0. The molecule has 0 bridgehead atoms. The molecule has 0 fully saturated rings. The molecule has 0 aromatic heterocycles. The van der Waals surface area contributed by atoms with Gasteiger partial charge in [-0.3, -0.25) is 4.79 Å². The summed E-state index contributed by atoms with van der Waals surface area (Å²) in [6, 6.07) is 21.2. The first-order valence-electron chi connectivity index (χ1n) is 11.7. The van der Waals surface area contributed by atoms with Gasteiger partial charge in [0.1, 0.15) is 0 Å². The van der Waals surface area contributed by atoms with Gasteiger partial charge < -0.3 is 5.32 Å². The number of hydrogen-bond acceptors (Lipinski definition) is 1. The summed E-state index contributed by atoms with van der Waals surface area (Å²) in [4.78, 5) is 12.2. The number of nitrogens with one attached hydrogen (secondary N) is 1. The molecule has 2 aromatic rings. The Hall–Kier alpha value is -2.09. The second kappa shape index (κ2) is 14.8. The Kier molecular flexibility index (Phi) is 11.9. The third kappa shape index (κ3) is 9.78. The quantitative estimate of drug-likeness (QED) is 0.317. The lowest BCUT2D eigenvalue weighted by Gasteiger charge is -2.18. The van der Waals surface area contributed by atoms with Crippen molar-refractivity contribution in [2.45, 2.75) is 83.5 Å². The van der Waals surface area contributed by atoms with Crippen LogP contribution in [0.1, 0.15) is 94.6 Å². The molecule has 0 radical (unpaired) electrons. The largest absolute Gasteiger partial charge is 0.356 e. The molecule has 1 amide bonds. The van der Waals surface area contributed by atoms with Crippen LogP contribution in [0.15, 0.2) is 60.7 Å². The van der Waals surface area contributed by atoms with Crippen LogP contribution < -0.4 is 5.32 Å². The molecule has 2 aromatic carbocycles. The van der Waals surface area contributed by atoms with Gasteiger partial charge in [-0.15, -0.1) is 0 Å². The van der Waals surface area contributed by atoms with Crippen LogP contribution in [0.5, 0.6) is 0 Å². The second-order valence-electron chi connectivity index (χ2n) is 8.09. The van der Waals surface area contributed by atoms with Crippen molar-refractivity contribution in [3.05, 3.63) is 71.8 Å². The minimum atomic E-state index is 0.202. The fraction of sp³-hybridized carbons (Fsp3) is 0.519. The van der Waals surface area contributed by atoms with Gasteiger partial charge in [0.2, 0.25) is 5.91 Å². The van der Waals surface area contributed by atoms with E-state index in [1.807, 2.05) is 0 Å². The van der Waals surface area contributed by atoms with Crippen LogP contribution in [0.2, 0.25) is 0 Å². The zero-order valence-electron chi connectivity index (χ0n) is 18.2. The van der Waals surface area contributed by atoms with E-state index in [0.29, 0.717) is 12.3 Å². The minimum absolute atomic E-state index is 0.202. The molecule has 29 heavy (non-hydrogen) atoms. The van der Waals surface area contributed by atoms with E-state index in [2.05, 4.69) is 72.9 Å². The molecular formula is C27H39NO. The Bertz CT molecular complexity index is 613. The van der Waals surface area contributed by atoms with Crippen molar-refractivity contribution < 1.29 is 4.79 Å². The summed E-state index contributed by atoms with van der Waals surface area (Å²) < 4.78 is 0. The van der Waals surface area contributed by atoms with E-state index in [1.165, 1.54) is 62.5 Å². The second-order valence-corrected chi connectivity index (χ2v) is 8.09. The maximum Gasteiger partial charge on any atom is 0.219 e. The number of rotatable bonds is 15. The first-order valence-corrected chi connectivity index (χ1v) is 11.7. The molecule has 0 spiro atoms. The van der Waals surface area contributed by atoms with Crippen molar-refractivity contribution in [3.8, 4) is 0 Å². The summed E-state index contributed by atoms with van der Waals surface area (Å²) in [6.07, 6.45) is 13.2. The molecule has 0 saturated heterocycles. The Morgan fingerprint density at radius 3 is 1.72 bits per heavy atom. The average molecular weight is 394 g/mol. The van der Waals surface area contributed by atoms with Gasteiger partial charge in [-0.05, 0) is 24.0 Å². The highest BCUT2D eigenvalue weighted by molar-refractivity contribution is 5.75. The Morgan fingerprint density at radius 2 is 1.21 bits per heavy atom. The zero-order chi connectivity index (χ0) is 20.6. The molecule has 0 aliphatic rings. The highest BCUT2D eigenvalue weighted by Gasteiger charge is 2.14. The van der Waals surface area contributed by atoms with Crippen LogP contribution in [0.3, 0.4) is 0 Å². The predicted octanol–water partition coefficient (Wildman–Crippen LogP) is 7.25. The van der Waals surface area contributed by atoms with Crippen molar-refractivity contribution in [2.24, 2.45) is 0 Å². The summed E-state index contributed by atoms with van der Waals surface area (Å²) in [5.41, 5.74) is 2.62. The monoisotopic (exact) mass is 393 g/mol. The average Bonchev–Trinajstić information content (AvgIpc) is 2.77. The lowest BCUT2D eigenvalue weighted by Crippen LogP contribution is -2.25. The molecule has 0 aliphatic carbocycles. The number of carbonyl (C=O) groups is 1. The molecule has 2 nitrogen and oxygen atoms in total. The SMILES string of the molecule is CCCCCCCCCCCC(=O)NCCC(c1ccccc1)c1ccccc1. The van der Waals surface area contributed by atoms with Crippen molar-refractivity contribution in [1.29, 1.82) is 0 Å². The first kappa shape index (κ1) is 23.2. The van der Waals surface area contributed by atoms with Crippen LogP contribution in [0.25, 0.3) is 0 Å². The summed E-state index contributed by atoms with van der Waals surface area (Å²) in [5, 5.41) is 3.14. The third-order valence-electron chi connectivity index (χ3n) is 5.67. The van der Waals surface area contributed by atoms with E-state index in [0.717, 1.165) is 19.4 Å². The minimum Gasteiger partial charge on any atom is -0.356 e. The molecule has 2 heteroatoms. The summed E-state index contributed by atoms with van der Waals surface area (Å²) in [7, 11) is 0. The lowest BCUT2D eigenvalue weighted by atomic mass is 9.88. The molecule has 0 heterocycles. The maximum atomic E-state index is 12.2. The van der Waals surface area contributed by atoms with E-state index in [4.69, 9.17) is 0 Å². The Morgan fingerprint density at radius 1 is 0.724 bits per heavy atom. The van der Waals surface area contributed by atoms with Crippen LogP contribution in [-0.2, 0) is 4.79 Å². The van der Waals surface area contributed by atoms with E-state index in [1.54, 1.807) is 0 Å². The van der Waals surface area contributed by atoms with Gasteiger partial charge in [-0.2, -0.15) is 0 Å². The summed E-state index contributed by atoms with van der Waals surface area (Å²) >= 11 is 0. The van der Waals surface area contributed by atoms with Gasteiger partial charge in [-0.25, -0.2) is 0 Å². The molecular weight excluding hydrogens is 354 g/mol. The fourth-order valence-corrected chi connectivity index (χ4v) is 3.94. The summed E-state index contributed by atoms with van der Waals surface area (Å²) in [6.45, 7) is 2.99. The van der Waals surface area contributed by atoms with Crippen LogP contribution >= 0.6 is 0 Å². The van der Waals surface area contributed by atoms with Gasteiger partial charge in [0, 0.05) is 18.9 Å². The van der Waals surface area contributed by atoms with Crippen LogP contribution in [-0.4, -0.2) is 12.5 Å². The highest BCUT2D eigenvalue weighted by Crippen LogP contribution is 2.27. The molecule has 0 saturated carbocycles. The fourth-order valence-electron chi connectivity index (χ4n) is 3.94. The molecule has 158 valence electrons. The molecule has 0 aliphatic heterocycles. The molecule has 2 rings (SSSR count). The Balaban J connectivity index is 1.63. The van der Waals surface area contributed by atoms with Crippen molar-refractivity contribution in [1.82, 2.24) is 5.32 Å². The number of amides is 1. The van der Waals surface area contributed by atoms with E-state index < -0.39 is 0 Å². The highest BCUT2D eigenvalue weighted by atomic mass is 16.1. The van der Waals surface area contributed by atoms with Gasteiger partial charge in [0.05, 0.1) is 0 Å². The van der Waals surface area contributed by atoms with Crippen LogP contribution in [0.4, 0.5) is 0 Å². The van der Waals surface area contributed by atoms with Gasteiger partial charge in [0.25, 0.3) is 0 Å². The number of hydrogen-bond donors (Lipinski definition) is 1. The third-order valence-corrected chi connectivity index (χ3v) is 5.67. The number of unbranched alkanes of at least 4 members (excludes halogenated alkanes) is 8. The summed E-state index contributed by atoms with van der Waals surface area (Å²) in [5.74, 6) is 0.526. The van der Waals surface area contributed by atoms with E-state index in [-0.39, 0.29) is 5.91 Å². The molecule has 0 unspecified atom stereocenters. The molecule has 0 atom stereocenters. The first-order chi connectivity index (χ1) is 14.3. The number of benzene rings is 2. The zero-order valence-corrected chi connectivity index (χ0v) is 18.2. The van der Waals surface area contributed by atoms with Crippen molar-refractivity contribution in [3.63, 3.8) is 0 Å². The van der Waals surface area contributed by atoms with Crippen molar-refractivity contribution in [2.75, 3.05) is 6.54 Å². The van der Waals surface area contributed by atoms with Crippen LogP contribution in [0, 0.1) is 0 Å². The van der Waals surface area contributed by atoms with Gasteiger partial charge >= 0.3 is 0 Å². The maximum absolute atomic E-state index is 12.2. The van der Waals surface area contributed by atoms with E-state index >= 15 is 0 Å². The van der Waals surface area contributed by atoms with Gasteiger partial charge in [-0.1, -0.05) is 119 Å². The lowest BCUT2D eigenvalue weighted by molar-refractivity contribution is -0.121.